The van der Waals surface area contributed by atoms with E-state index in [9.17, 15) is 28.1 Å². The number of carbonyl (C=O) groups is 1. The van der Waals surface area contributed by atoms with Gasteiger partial charge in [0.05, 0.1) is 10.5 Å². The molecule has 0 aliphatic heterocycles. The SMILES string of the molecule is O=C(NOCC(F)(F)F)c1cccc([N+](=O)[O-])c1Cl. The van der Waals surface area contributed by atoms with E-state index >= 15 is 0 Å². The molecule has 0 aliphatic carbocycles. The number of nitrogens with zero attached hydrogens (tertiary/aromatic N) is 1. The molecule has 1 rings (SSSR count). The van der Waals surface area contributed by atoms with E-state index in [1.54, 1.807) is 0 Å². The number of benzene rings is 1. The Morgan fingerprint density at radius 3 is 2.63 bits per heavy atom. The Hall–Kier alpha value is -1.87. The topological polar surface area (TPSA) is 81.5 Å². The van der Waals surface area contributed by atoms with Gasteiger partial charge in [0.2, 0.25) is 0 Å². The molecule has 1 aromatic rings. The molecular formula is C9H6ClF3N2O4. The second kappa shape index (κ2) is 5.85. The quantitative estimate of drug-likeness (QED) is 0.684. The fraction of sp³-hybridized carbons (Fsp3) is 0.222. The van der Waals surface area contributed by atoms with Crippen molar-refractivity contribution < 1.29 is 27.7 Å². The predicted molar refractivity (Wildman–Crippen MR) is 57.6 cm³/mol. The minimum atomic E-state index is -4.61. The fourth-order valence-corrected chi connectivity index (χ4v) is 1.36. The van der Waals surface area contributed by atoms with Crippen LogP contribution in [0.15, 0.2) is 18.2 Å². The van der Waals surface area contributed by atoms with Gasteiger partial charge in [0, 0.05) is 6.07 Å². The van der Waals surface area contributed by atoms with E-state index in [1.807, 2.05) is 0 Å². The van der Waals surface area contributed by atoms with E-state index in [0.717, 1.165) is 12.1 Å². The van der Waals surface area contributed by atoms with Gasteiger partial charge in [0.25, 0.3) is 11.6 Å². The first-order valence-corrected chi connectivity index (χ1v) is 5.02. The first kappa shape index (κ1) is 15.2. The van der Waals surface area contributed by atoms with Crippen molar-refractivity contribution in [1.29, 1.82) is 0 Å². The zero-order valence-electron chi connectivity index (χ0n) is 9.03. The average molecular weight is 299 g/mol. The molecule has 104 valence electrons. The summed E-state index contributed by atoms with van der Waals surface area (Å²) in [7, 11) is 0. The van der Waals surface area contributed by atoms with Gasteiger partial charge < -0.3 is 0 Å². The molecule has 1 N–H and O–H groups in total. The summed E-state index contributed by atoms with van der Waals surface area (Å²) in [5, 5.41) is 10.1. The summed E-state index contributed by atoms with van der Waals surface area (Å²) in [5.41, 5.74) is 0.597. The van der Waals surface area contributed by atoms with Crippen molar-refractivity contribution in [2.75, 3.05) is 6.61 Å². The molecule has 0 atom stereocenters. The van der Waals surface area contributed by atoms with Crippen LogP contribution in [-0.2, 0) is 4.84 Å². The lowest BCUT2D eigenvalue weighted by molar-refractivity contribution is -0.384. The molecule has 19 heavy (non-hydrogen) atoms. The minimum absolute atomic E-state index is 0.363. The second-order valence-electron chi connectivity index (χ2n) is 3.23. The summed E-state index contributed by atoms with van der Waals surface area (Å²) >= 11 is 5.59. The fourth-order valence-electron chi connectivity index (χ4n) is 1.07. The van der Waals surface area contributed by atoms with Crippen LogP contribution in [0, 0.1) is 10.1 Å². The van der Waals surface area contributed by atoms with Crippen LogP contribution in [0.4, 0.5) is 18.9 Å². The number of alkyl halides is 3. The molecule has 0 aromatic heterocycles. The normalized spacial score (nSPS) is 11.2. The number of amides is 1. The van der Waals surface area contributed by atoms with E-state index in [1.165, 1.54) is 11.5 Å². The number of hydrogen-bond acceptors (Lipinski definition) is 4. The zero-order valence-corrected chi connectivity index (χ0v) is 9.79. The van der Waals surface area contributed by atoms with E-state index in [-0.39, 0.29) is 5.56 Å². The lowest BCUT2D eigenvalue weighted by atomic mass is 10.2. The first-order valence-electron chi connectivity index (χ1n) is 4.64. The summed E-state index contributed by atoms with van der Waals surface area (Å²) < 4.78 is 35.3. The molecule has 0 unspecified atom stereocenters. The van der Waals surface area contributed by atoms with Gasteiger partial charge in [0.15, 0.2) is 6.61 Å². The maximum Gasteiger partial charge on any atom is 0.414 e. The second-order valence-corrected chi connectivity index (χ2v) is 3.61. The van der Waals surface area contributed by atoms with Crippen LogP contribution < -0.4 is 5.48 Å². The highest BCUT2D eigenvalue weighted by Crippen LogP contribution is 2.27. The minimum Gasteiger partial charge on any atom is -0.267 e. The zero-order chi connectivity index (χ0) is 14.6. The van der Waals surface area contributed by atoms with Gasteiger partial charge in [-0.05, 0) is 6.07 Å². The van der Waals surface area contributed by atoms with Crippen LogP contribution in [0.3, 0.4) is 0 Å². The Labute approximate surface area is 109 Å². The Balaban J connectivity index is 2.78. The number of nitro groups is 1. The van der Waals surface area contributed by atoms with Crippen molar-refractivity contribution in [2.24, 2.45) is 0 Å². The molecule has 0 fully saturated rings. The number of halogens is 4. The average Bonchev–Trinajstić information content (AvgIpc) is 2.26. The predicted octanol–water partition coefficient (Wildman–Crippen LogP) is 2.47. The van der Waals surface area contributed by atoms with Crippen molar-refractivity contribution in [3.05, 3.63) is 38.9 Å². The van der Waals surface area contributed by atoms with Crippen LogP contribution >= 0.6 is 11.6 Å². The summed E-state index contributed by atoms with van der Waals surface area (Å²) in [5.74, 6) is -1.11. The van der Waals surface area contributed by atoms with E-state index < -0.39 is 34.3 Å². The van der Waals surface area contributed by atoms with Gasteiger partial charge in [-0.1, -0.05) is 17.7 Å². The smallest absolute Gasteiger partial charge is 0.267 e. The number of rotatable bonds is 4. The van der Waals surface area contributed by atoms with Crippen LogP contribution in [0.1, 0.15) is 10.4 Å². The molecule has 10 heteroatoms. The van der Waals surface area contributed by atoms with Crippen molar-refractivity contribution in [1.82, 2.24) is 5.48 Å². The summed E-state index contributed by atoms with van der Waals surface area (Å²) in [6, 6.07) is 3.33. The monoisotopic (exact) mass is 298 g/mol. The van der Waals surface area contributed by atoms with Crippen LogP contribution in [0.2, 0.25) is 5.02 Å². The molecule has 0 aliphatic rings. The summed E-state index contributed by atoms with van der Waals surface area (Å²) in [4.78, 5) is 25.1. The first-order chi connectivity index (χ1) is 8.72. The molecule has 0 saturated heterocycles. The standard InChI is InChI=1S/C9H6ClF3N2O4/c10-7-5(2-1-3-6(7)15(17)18)8(16)14-19-4-9(11,12)13/h1-3H,4H2,(H,14,16). The lowest BCUT2D eigenvalue weighted by Gasteiger charge is -2.09. The molecule has 0 radical (unpaired) electrons. The van der Waals surface area contributed by atoms with Crippen LogP contribution in [-0.4, -0.2) is 23.6 Å². The maximum absolute atomic E-state index is 11.8. The Bertz CT molecular complexity index is 507. The van der Waals surface area contributed by atoms with E-state index in [4.69, 9.17) is 11.6 Å². The molecule has 0 bridgehead atoms. The maximum atomic E-state index is 11.8. The highest BCUT2D eigenvalue weighted by molar-refractivity contribution is 6.35. The molecule has 1 amide bonds. The Morgan fingerprint density at radius 2 is 2.11 bits per heavy atom. The van der Waals surface area contributed by atoms with Crippen molar-refractivity contribution in [3.8, 4) is 0 Å². The van der Waals surface area contributed by atoms with Gasteiger partial charge in [-0.3, -0.25) is 19.7 Å². The Morgan fingerprint density at radius 1 is 1.47 bits per heavy atom. The molecule has 0 saturated carbocycles. The molecule has 6 nitrogen and oxygen atoms in total. The van der Waals surface area contributed by atoms with Gasteiger partial charge in [0.1, 0.15) is 5.02 Å². The van der Waals surface area contributed by atoms with Crippen LogP contribution in [0.25, 0.3) is 0 Å². The van der Waals surface area contributed by atoms with E-state index in [2.05, 4.69) is 4.84 Å². The van der Waals surface area contributed by atoms with Crippen LogP contribution in [0.5, 0.6) is 0 Å². The third-order valence-corrected chi connectivity index (χ3v) is 2.22. The van der Waals surface area contributed by atoms with Gasteiger partial charge >= 0.3 is 6.18 Å². The molecular weight excluding hydrogens is 293 g/mol. The summed E-state index contributed by atoms with van der Waals surface area (Å²) in [6.45, 7) is -1.69. The van der Waals surface area contributed by atoms with Gasteiger partial charge in [-0.25, -0.2) is 5.48 Å². The third kappa shape index (κ3) is 4.38. The lowest BCUT2D eigenvalue weighted by Crippen LogP contribution is -2.29. The molecule has 0 spiro atoms. The third-order valence-electron chi connectivity index (χ3n) is 1.82. The largest absolute Gasteiger partial charge is 0.414 e. The number of hydroxylamine groups is 1. The van der Waals surface area contributed by atoms with Crippen molar-refractivity contribution >= 4 is 23.2 Å². The number of nitrogens with one attached hydrogen (secondary N) is 1. The Kier molecular flexibility index (Phi) is 4.67. The van der Waals surface area contributed by atoms with Gasteiger partial charge in [-0.15, -0.1) is 0 Å². The number of carbonyl (C=O) groups excluding carboxylic acids is 1. The molecule has 1 aromatic carbocycles. The summed E-state index contributed by atoms with van der Waals surface area (Å²) in [6.07, 6.45) is -4.61. The van der Waals surface area contributed by atoms with Gasteiger partial charge in [-0.2, -0.15) is 13.2 Å². The van der Waals surface area contributed by atoms with E-state index in [0.29, 0.717) is 0 Å². The number of hydrogen-bond donors (Lipinski definition) is 1. The van der Waals surface area contributed by atoms with Crippen molar-refractivity contribution in [2.45, 2.75) is 6.18 Å². The number of nitro benzene ring substituents is 1. The highest BCUT2D eigenvalue weighted by atomic mass is 35.5. The molecule has 0 heterocycles. The highest BCUT2D eigenvalue weighted by Gasteiger charge is 2.28. The van der Waals surface area contributed by atoms with Crippen molar-refractivity contribution in [3.63, 3.8) is 0 Å².